The maximum Gasteiger partial charge on any atom is 0.138 e. The van der Waals surface area contributed by atoms with Crippen LogP contribution in [-0.2, 0) is 6.54 Å². The Labute approximate surface area is 130 Å². The van der Waals surface area contributed by atoms with Crippen LogP contribution in [0.25, 0.3) is 0 Å². The number of benzene rings is 1. The van der Waals surface area contributed by atoms with E-state index in [1.165, 1.54) is 44.1 Å². The molecule has 110 valence electrons. The van der Waals surface area contributed by atoms with Crippen molar-refractivity contribution in [3.05, 3.63) is 28.2 Å². The maximum absolute atomic E-state index is 6.33. The van der Waals surface area contributed by atoms with Gasteiger partial charge in [0.05, 0.1) is 10.6 Å². The van der Waals surface area contributed by atoms with E-state index in [9.17, 15) is 0 Å². The molecule has 2 aliphatic rings. The van der Waals surface area contributed by atoms with E-state index in [4.69, 9.17) is 4.74 Å². The zero-order valence-electron chi connectivity index (χ0n) is 12.2. The Morgan fingerprint density at radius 2 is 1.90 bits per heavy atom. The molecule has 0 spiro atoms. The van der Waals surface area contributed by atoms with E-state index in [2.05, 4.69) is 46.4 Å². The number of nitrogens with one attached hydrogen (secondary N) is 1. The highest BCUT2D eigenvalue weighted by Gasteiger charge is 2.23. The van der Waals surface area contributed by atoms with Gasteiger partial charge in [0.25, 0.3) is 0 Å². The molecule has 20 heavy (non-hydrogen) atoms. The molecule has 1 aromatic rings. The minimum absolute atomic E-state index is 0.393. The standard InChI is InChI=1S/C17H24BrNO/c1-12-5-9-15(10-6-12)20-17-13(3-2-4-16(17)18)11-19-14-7-8-14/h2-4,12,14-15,19H,5-11H2,1H3. The topological polar surface area (TPSA) is 21.3 Å². The average molecular weight is 338 g/mol. The van der Waals surface area contributed by atoms with Gasteiger partial charge in [-0.1, -0.05) is 19.1 Å². The third-order valence-electron chi connectivity index (χ3n) is 4.45. The Bertz CT molecular complexity index is 450. The van der Waals surface area contributed by atoms with Crippen LogP contribution in [0.4, 0.5) is 0 Å². The van der Waals surface area contributed by atoms with Crippen LogP contribution in [0.1, 0.15) is 51.0 Å². The molecular formula is C17H24BrNO. The molecule has 0 heterocycles. The summed E-state index contributed by atoms with van der Waals surface area (Å²) in [5.41, 5.74) is 1.28. The number of ether oxygens (including phenoxy) is 1. The van der Waals surface area contributed by atoms with Crippen molar-refractivity contribution in [1.82, 2.24) is 5.32 Å². The van der Waals surface area contributed by atoms with E-state index in [-0.39, 0.29) is 0 Å². The SMILES string of the molecule is CC1CCC(Oc2c(Br)cccc2CNC2CC2)CC1. The minimum atomic E-state index is 0.393. The maximum atomic E-state index is 6.33. The van der Waals surface area contributed by atoms with Crippen molar-refractivity contribution >= 4 is 15.9 Å². The molecule has 2 saturated carbocycles. The van der Waals surface area contributed by atoms with Gasteiger partial charge < -0.3 is 10.1 Å². The molecule has 3 rings (SSSR count). The lowest BCUT2D eigenvalue weighted by atomic mass is 9.89. The third-order valence-corrected chi connectivity index (χ3v) is 5.08. The van der Waals surface area contributed by atoms with Gasteiger partial charge in [0.1, 0.15) is 5.75 Å². The zero-order chi connectivity index (χ0) is 13.9. The van der Waals surface area contributed by atoms with Crippen molar-refractivity contribution in [2.45, 2.75) is 64.1 Å². The minimum Gasteiger partial charge on any atom is -0.489 e. The molecule has 0 aromatic heterocycles. The van der Waals surface area contributed by atoms with Crippen LogP contribution in [0.2, 0.25) is 0 Å². The summed E-state index contributed by atoms with van der Waals surface area (Å²) in [4.78, 5) is 0. The number of para-hydroxylation sites is 1. The van der Waals surface area contributed by atoms with Gasteiger partial charge in [0.15, 0.2) is 0 Å². The fraction of sp³-hybridized carbons (Fsp3) is 0.647. The molecule has 2 fully saturated rings. The van der Waals surface area contributed by atoms with Gasteiger partial charge in [0.2, 0.25) is 0 Å². The first-order valence-electron chi connectivity index (χ1n) is 7.90. The van der Waals surface area contributed by atoms with Crippen LogP contribution in [0, 0.1) is 5.92 Å². The molecule has 0 bridgehead atoms. The first-order valence-corrected chi connectivity index (χ1v) is 8.69. The zero-order valence-corrected chi connectivity index (χ0v) is 13.8. The first-order chi connectivity index (χ1) is 9.72. The predicted molar refractivity (Wildman–Crippen MR) is 86.1 cm³/mol. The van der Waals surface area contributed by atoms with Gasteiger partial charge in [-0.15, -0.1) is 0 Å². The van der Waals surface area contributed by atoms with Crippen LogP contribution in [0.15, 0.2) is 22.7 Å². The molecule has 3 heteroatoms. The molecule has 0 radical (unpaired) electrons. The van der Waals surface area contributed by atoms with Crippen LogP contribution in [0.3, 0.4) is 0 Å². The fourth-order valence-corrected chi connectivity index (χ4v) is 3.38. The van der Waals surface area contributed by atoms with E-state index in [0.29, 0.717) is 6.10 Å². The normalized spacial score (nSPS) is 26.5. The average Bonchev–Trinajstić information content (AvgIpc) is 3.26. The lowest BCUT2D eigenvalue weighted by molar-refractivity contribution is 0.133. The van der Waals surface area contributed by atoms with Crippen LogP contribution in [0.5, 0.6) is 5.75 Å². The molecule has 0 unspecified atom stereocenters. The predicted octanol–water partition coefficient (Wildman–Crippen LogP) is 4.66. The van der Waals surface area contributed by atoms with Crippen LogP contribution >= 0.6 is 15.9 Å². The Kier molecular flexibility index (Phi) is 4.67. The molecule has 2 nitrogen and oxygen atoms in total. The van der Waals surface area contributed by atoms with Crippen molar-refractivity contribution in [3.8, 4) is 5.75 Å². The van der Waals surface area contributed by atoms with E-state index in [0.717, 1.165) is 28.7 Å². The van der Waals surface area contributed by atoms with E-state index < -0.39 is 0 Å². The largest absolute Gasteiger partial charge is 0.489 e. The highest BCUT2D eigenvalue weighted by molar-refractivity contribution is 9.10. The van der Waals surface area contributed by atoms with Crippen molar-refractivity contribution < 1.29 is 4.74 Å². The van der Waals surface area contributed by atoms with Crippen LogP contribution < -0.4 is 10.1 Å². The molecule has 0 atom stereocenters. The summed E-state index contributed by atoms with van der Waals surface area (Å²) in [6, 6.07) is 7.10. The Morgan fingerprint density at radius 3 is 2.60 bits per heavy atom. The molecule has 0 aliphatic heterocycles. The lowest BCUT2D eigenvalue weighted by Crippen LogP contribution is -2.24. The number of halogens is 1. The lowest BCUT2D eigenvalue weighted by Gasteiger charge is -2.28. The number of hydrogen-bond donors (Lipinski definition) is 1. The molecule has 2 aliphatic carbocycles. The molecule has 0 saturated heterocycles. The fourth-order valence-electron chi connectivity index (χ4n) is 2.88. The smallest absolute Gasteiger partial charge is 0.138 e. The van der Waals surface area contributed by atoms with Crippen LogP contribution in [-0.4, -0.2) is 12.1 Å². The molecule has 0 amide bonds. The number of hydrogen-bond acceptors (Lipinski definition) is 2. The second-order valence-electron chi connectivity index (χ2n) is 6.38. The van der Waals surface area contributed by atoms with Gasteiger partial charge >= 0.3 is 0 Å². The summed E-state index contributed by atoms with van der Waals surface area (Å²) in [7, 11) is 0. The van der Waals surface area contributed by atoms with Gasteiger partial charge in [-0.05, 0) is 66.4 Å². The van der Waals surface area contributed by atoms with E-state index in [1.54, 1.807) is 0 Å². The summed E-state index contributed by atoms with van der Waals surface area (Å²) in [5.74, 6) is 1.92. The number of rotatable bonds is 5. The quantitative estimate of drug-likeness (QED) is 0.843. The molecular weight excluding hydrogens is 314 g/mol. The Morgan fingerprint density at radius 1 is 1.15 bits per heavy atom. The van der Waals surface area contributed by atoms with Gasteiger partial charge in [0, 0.05) is 18.2 Å². The summed E-state index contributed by atoms with van der Waals surface area (Å²) >= 11 is 3.66. The van der Waals surface area contributed by atoms with Gasteiger partial charge in [-0.2, -0.15) is 0 Å². The monoisotopic (exact) mass is 337 g/mol. The third kappa shape index (κ3) is 3.76. The van der Waals surface area contributed by atoms with Crippen molar-refractivity contribution in [2.24, 2.45) is 5.92 Å². The summed E-state index contributed by atoms with van der Waals surface area (Å²) in [5, 5.41) is 3.58. The van der Waals surface area contributed by atoms with E-state index >= 15 is 0 Å². The molecule has 1 aromatic carbocycles. The highest BCUT2D eigenvalue weighted by Crippen LogP contribution is 2.34. The molecule has 1 N–H and O–H groups in total. The summed E-state index contributed by atoms with van der Waals surface area (Å²) in [6.07, 6.45) is 8.02. The van der Waals surface area contributed by atoms with Gasteiger partial charge in [-0.3, -0.25) is 0 Å². The summed E-state index contributed by atoms with van der Waals surface area (Å²) in [6.45, 7) is 3.27. The highest BCUT2D eigenvalue weighted by atomic mass is 79.9. The second-order valence-corrected chi connectivity index (χ2v) is 7.24. The van der Waals surface area contributed by atoms with E-state index in [1.807, 2.05) is 0 Å². The van der Waals surface area contributed by atoms with Crippen molar-refractivity contribution in [3.63, 3.8) is 0 Å². The van der Waals surface area contributed by atoms with Crippen molar-refractivity contribution in [1.29, 1.82) is 0 Å². The van der Waals surface area contributed by atoms with Gasteiger partial charge in [-0.25, -0.2) is 0 Å². The Balaban J connectivity index is 1.66. The Hall–Kier alpha value is -0.540. The van der Waals surface area contributed by atoms with Crippen molar-refractivity contribution in [2.75, 3.05) is 0 Å². The first kappa shape index (κ1) is 14.4. The summed E-state index contributed by atoms with van der Waals surface area (Å²) < 4.78 is 7.42. The second kappa shape index (κ2) is 6.48.